The smallest absolute Gasteiger partial charge is 0.317 e. The minimum atomic E-state index is -0.119. The van der Waals surface area contributed by atoms with E-state index in [1.807, 2.05) is 39.2 Å². The number of likely N-dealkylation sites (N-methyl/N-ethyl adjacent to an activating group) is 2. The molecule has 0 aliphatic rings. The van der Waals surface area contributed by atoms with Crippen LogP contribution in [-0.4, -0.2) is 67.3 Å². The van der Waals surface area contributed by atoms with Gasteiger partial charge >= 0.3 is 6.03 Å². The van der Waals surface area contributed by atoms with Crippen LogP contribution in [0, 0.1) is 0 Å². The zero-order valence-electron chi connectivity index (χ0n) is 13.2. The van der Waals surface area contributed by atoms with Gasteiger partial charge in [0, 0.05) is 25.7 Å². The van der Waals surface area contributed by atoms with E-state index in [0.717, 1.165) is 6.42 Å². The molecular weight excluding hydrogens is 266 g/mol. The number of rotatable bonds is 8. The number of nitrogens with one attached hydrogen (secondary N) is 1. The van der Waals surface area contributed by atoms with E-state index in [1.54, 1.807) is 4.90 Å². The van der Waals surface area contributed by atoms with Crippen molar-refractivity contribution < 1.29 is 9.90 Å². The molecule has 0 spiro atoms. The van der Waals surface area contributed by atoms with E-state index in [-0.39, 0.29) is 18.7 Å². The Hall–Kier alpha value is -1.59. The van der Waals surface area contributed by atoms with Gasteiger partial charge in [-0.1, -0.05) is 30.3 Å². The van der Waals surface area contributed by atoms with E-state index >= 15 is 0 Å². The van der Waals surface area contributed by atoms with Gasteiger partial charge in [-0.2, -0.15) is 0 Å². The first-order valence-electron chi connectivity index (χ1n) is 7.42. The summed E-state index contributed by atoms with van der Waals surface area (Å²) in [5, 5.41) is 11.9. The second-order valence-electron chi connectivity index (χ2n) is 5.30. The van der Waals surface area contributed by atoms with Gasteiger partial charge < -0.3 is 20.2 Å². The van der Waals surface area contributed by atoms with Crippen LogP contribution in [0.15, 0.2) is 30.3 Å². The Bertz CT molecular complexity index is 409. The number of aliphatic hydroxyl groups is 1. The highest BCUT2D eigenvalue weighted by atomic mass is 16.3. The number of amides is 2. The van der Waals surface area contributed by atoms with Crippen LogP contribution in [-0.2, 0) is 6.42 Å². The summed E-state index contributed by atoms with van der Waals surface area (Å²) < 4.78 is 0. The summed E-state index contributed by atoms with van der Waals surface area (Å²) in [7, 11) is 4.04. The van der Waals surface area contributed by atoms with Gasteiger partial charge in [0.1, 0.15) is 0 Å². The molecule has 0 saturated carbocycles. The minimum Gasteiger partial charge on any atom is -0.395 e. The number of nitrogens with zero attached hydrogens (tertiary/aromatic N) is 2. The molecule has 2 amide bonds. The molecule has 0 fully saturated rings. The monoisotopic (exact) mass is 293 g/mol. The highest BCUT2D eigenvalue weighted by Crippen LogP contribution is 2.06. The lowest BCUT2D eigenvalue weighted by Gasteiger charge is -2.27. The number of hydrogen-bond acceptors (Lipinski definition) is 3. The predicted octanol–water partition coefficient (Wildman–Crippen LogP) is 1.18. The molecule has 0 aliphatic carbocycles. The van der Waals surface area contributed by atoms with Crippen molar-refractivity contribution >= 4 is 6.03 Å². The molecule has 0 aromatic heterocycles. The van der Waals surface area contributed by atoms with Crippen LogP contribution in [0.5, 0.6) is 0 Å². The fourth-order valence-corrected chi connectivity index (χ4v) is 2.16. The van der Waals surface area contributed by atoms with Crippen molar-refractivity contribution in [1.82, 2.24) is 15.1 Å². The third-order valence-corrected chi connectivity index (χ3v) is 3.57. The number of carbonyl (C=O) groups is 1. The van der Waals surface area contributed by atoms with Crippen molar-refractivity contribution in [3.05, 3.63) is 35.9 Å². The number of carbonyl (C=O) groups excluding carboxylic acids is 1. The summed E-state index contributed by atoms with van der Waals surface area (Å²) in [5.74, 6) is 0. The maximum Gasteiger partial charge on any atom is 0.317 e. The fourth-order valence-electron chi connectivity index (χ4n) is 2.16. The van der Waals surface area contributed by atoms with Crippen LogP contribution in [0.1, 0.15) is 12.5 Å². The van der Waals surface area contributed by atoms with Crippen molar-refractivity contribution in [3.63, 3.8) is 0 Å². The standard InChI is InChI=1S/C16H27N3O2/c1-4-19(10-11-20)16(21)17-13-15(18(2)3)12-14-8-6-5-7-9-14/h5-9,15,20H,4,10-13H2,1-3H3,(H,17,21). The molecule has 1 rings (SSSR count). The first kappa shape index (κ1) is 17.5. The Morgan fingerprint density at radius 2 is 1.95 bits per heavy atom. The molecule has 0 radical (unpaired) electrons. The van der Waals surface area contributed by atoms with Gasteiger partial charge in [-0.15, -0.1) is 0 Å². The van der Waals surface area contributed by atoms with Crippen molar-refractivity contribution in [3.8, 4) is 0 Å². The lowest BCUT2D eigenvalue weighted by molar-refractivity contribution is 0.176. The fraction of sp³-hybridized carbons (Fsp3) is 0.562. The first-order valence-corrected chi connectivity index (χ1v) is 7.42. The van der Waals surface area contributed by atoms with E-state index in [2.05, 4.69) is 22.3 Å². The van der Waals surface area contributed by atoms with Gasteiger partial charge in [0.2, 0.25) is 0 Å². The number of aliphatic hydroxyl groups excluding tert-OH is 1. The highest BCUT2D eigenvalue weighted by molar-refractivity contribution is 5.74. The number of urea groups is 1. The Morgan fingerprint density at radius 1 is 1.29 bits per heavy atom. The minimum absolute atomic E-state index is 0.0115. The maximum absolute atomic E-state index is 12.0. The SMILES string of the molecule is CCN(CCO)C(=O)NCC(Cc1ccccc1)N(C)C. The summed E-state index contributed by atoms with van der Waals surface area (Å²) in [4.78, 5) is 15.8. The van der Waals surface area contributed by atoms with Gasteiger partial charge in [0.05, 0.1) is 6.61 Å². The van der Waals surface area contributed by atoms with E-state index < -0.39 is 0 Å². The summed E-state index contributed by atoms with van der Waals surface area (Å²) in [6.45, 7) is 3.44. The lowest BCUT2D eigenvalue weighted by atomic mass is 10.1. The van der Waals surface area contributed by atoms with Gasteiger partial charge in [-0.25, -0.2) is 4.79 Å². The number of benzene rings is 1. The summed E-state index contributed by atoms with van der Waals surface area (Å²) in [6.07, 6.45) is 0.889. The Labute approximate surface area is 127 Å². The van der Waals surface area contributed by atoms with Gasteiger partial charge in [-0.05, 0) is 33.0 Å². The van der Waals surface area contributed by atoms with Gasteiger partial charge in [0.15, 0.2) is 0 Å². The Balaban J connectivity index is 2.53. The summed E-state index contributed by atoms with van der Waals surface area (Å²) in [6, 6.07) is 10.4. The van der Waals surface area contributed by atoms with E-state index in [0.29, 0.717) is 19.6 Å². The molecule has 0 saturated heterocycles. The van der Waals surface area contributed by atoms with Crippen LogP contribution >= 0.6 is 0 Å². The average Bonchev–Trinajstić information content (AvgIpc) is 2.49. The molecule has 5 heteroatoms. The van der Waals surface area contributed by atoms with Crippen molar-refractivity contribution in [1.29, 1.82) is 0 Å². The molecule has 1 atom stereocenters. The quantitative estimate of drug-likeness (QED) is 0.757. The topological polar surface area (TPSA) is 55.8 Å². The highest BCUT2D eigenvalue weighted by Gasteiger charge is 2.16. The predicted molar refractivity (Wildman–Crippen MR) is 85.4 cm³/mol. The Morgan fingerprint density at radius 3 is 2.48 bits per heavy atom. The maximum atomic E-state index is 12.0. The second kappa shape index (κ2) is 9.37. The third-order valence-electron chi connectivity index (χ3n) is 3.57. The molecule has 21 heavy (non-hydrogen) atoms. The molecule has 5 nitrogen and oxygen atoms in total. The summed E-state index contributed by atoms with van der Waals surface area (Å²) in [5.41, 5.74) is 1.26. The van der Waals surface area contributed by atoms with Crippen LogP contribution in [0.2, 0.25) is 0 Å². The lowest BCUT2D eigenvalue weighted by Crippen LogP contribution is -2.47. The molecule has 1 aromatic carbocycles. The molecule has 1 aromatic rings. The zero-order chi connectivity index (χ0) is 15.7. The largest absolute Gasteiger partial charge is 0.395 e. The van der Waals surface area contributed by atoms with Crippen LogP contribution in [0.4, 0.5) is 4.79 Å². The first-order chi connectivity index (χ1) is 10.1. The molecule has 0 aliphatic heterocycles. The van der Waals surface area contributed by atoms with Gasteiger partial charge in [-0.3, -0.25) is 0 Å². The van der Waals surface area contributed by atoms with Gasteiger partial charge in [0.25, 0.3) is 0 Å². The van der Waals surface area contributed by atoms with E-state index in [9.17, 15) is 4.79 Å². The molecule has 118 valence electrons. The summed E-state index contributed by atoms with van der Waals surface area (Å²) >= 11 is 0. The van der Waals surface area contributed by atoms with Crippen molar-refractivity contribution in [2.45, 2.75) is 19.4 Å². The molecule has 1 unspecified atom stereocenters. The second-order valence-corrected chi connectivity index (χ2v) is 5.30. The molecular formula is C16H27N3O2. The molecule has 0 bridgehead atoms. The molecule has 0 heterocycles. The zero-order valence-corrected chi connectivity index (χ0v) is 13.2. The van der Waals surface area contributed by atoms with E-state index in [1.165, 1.54) is 5.56 Å². The molecule has 2 N–H and O–H groups in total. The van der Waals surface area contributed by atoms with Crippen LogP contribution in [0.3, 0.4) is 0 Å². The van der Waals surface area contributed by atoms with E-state index in [4.69, 9.17) is 5.11 Å². The van der Waals surface area contributed by atoms with Crippen molar-refractivity contribution in [2.24, 2.45) is 0 Å². The third kappa shape index (κ3) is 6.14. The Kier molecular flexibility index (Phi) is 7.79. The van der Waals surface area contributed by atoms with Crippen LogP contribution in [0.25, 0.3) is 0 Å². The van der Waals surface area contributed by atoms with Crippen LogP contribution < -0.4 is 5.32 Å². The number of hydrogen-bond donors (Lipinski definition) is 2. The normalized spacial score (nSPS) is 12.2. The average molecular weight is 293 g/mol. The van der Waals surface area contributed by atoms with Crippen molar-refractivity contribution in [2.75, 3.05) is 40.3 Å².